The average molecular weight is 215 g/mol. The van der Waals surface area contributed by atoms with Crippen molar-refractivity contribution in [1.82, 2.24) is 14.9 Å². The summed E-state index contributed by atoms with van der Waals surface area (Å²) in [6.07, 6.45) is 6.82. The first-order chi connectivity index (χ1) is 7.86. The fourth-order valence-electron chi connectivity index (χ4n) is 1.68. The minimum Gasteiger partial charge on any atom is -0.353 e. The molecule has 0 aliphatic heterocycles. The quantitative estimate of drug-likeness (QED) is 0.770. The van der Waals surface area contributed by atoms with E-state index in [1.54, 1.807) is 6.20 Å². The molecule has 2 aromatic rings. The van der Waals surface area contributed by atoms with Gasteiger partial charge >= 0.3 is 0 Å². The van der Waals surface area contributed by atoms with Crippen molar-refractivity contribution < 1.29 is 0 Å². The molecule has 3 nitrogen and oxygen atoms in total. The van der Waals surface area contributed by atoms with Gasteiger partial charge in [-0.1, -0.05) is 6.07 Å². The smallest absolute Gasteiger partial charge is 0.0359 e. The Hall–Kier alpha value is -1.61. The lowest BCUT2D eigenvalue weighted by atomic mass is 10.2. The molecule has 0 aliphatic rings. The van der Waals surface area contributed by atoms with Crippen LogP contribution in [-0.4, -0.2) is 16.1 Å². The molecule has 0 aromatic carbocycles. The molecule has 0 fully saturated rings. The van der Waals surface area contributed by atoms with Gasteiger partial charge < -0.3 is 9.88 Å². The zero-order valence-electron chi connectivity index (χ0n) is 9.56. The molecule has 2 rings (SSSR count). The minimum absolute atomic E-state index is 0.920. The number of aromatic nitrogens is 2. The molecule has 3 heteroatoms. The molecule has 0 spiro atoms. The van der Waals surface area contributed by atoms with Crippen LogP contribution in [0.2, 0.25) is 0 Å². The molecule has 0 amide bonds. The normalized spacial score (nSPS) is 10.6. The Balaban J connectivity index is 1.72. The monoisotopic (exact) mass is 215 g/mol. The highest BCUT2D eigenvalue weighted by atomic mass is 15.0. The zero-order chi connectivity index (χ0) is 11.2. The average Bonchev–Trinajstić information content (AvgIpc) is 2.72. The summed E-state index contributed by atoms with van der Waals surface area (Å²) in [6, 6.07) is 8.29. The number of hydrogen-bond acceptors (Lipinski definition) is 2. The number of nitrogens with zero attached hydrogens (tertiary/aromatic N) is 2. The fraction of sp³-hybridized carbons (Fsp3) is 0.308. The van der Waals surface area contributed by atoms with Crippen LogP contribution in [0.15, 0.2) is 42.9 Å². The third-order valence-corrected chi connectivity index (χ3v) is 2.67. The van der Waals surface area contributed by atoms with Gasteiger partial charge in [0.2, 0.25) is 0 Å². The number of hydrogen-bond donors (Lipinski definition) is 1. The minimum atomic E-state index is 0.920. The van der Waals surface area contributed by atoms with Crippen LogP contribution in [0.25, 0.3) is 0 Å². The molecule has 16 heavy (non-hydrogen) atoms. The molecular formula is C13H17N3. The second kappa shape index (κ2) is 5.47. The maximum Gasteiger partial charge on any atom is 0.0359 e. The molecule has 2 heterocycles. The van der Waals surface area contributed by atoms with Crippen LogP contribution in [-0.2, 0) is 20.0 Å². The van der Waals surface area contributed by atoms with Crippen LogP contribution in [0.4, 0.5) is 0 Å². The zero-order valence-corrected chi connectivity index (χ0v) is 9.56. The van der Waals surface area contributed by atoms with Gasteiger partial charge in [0, 0.05) is 37.9 Å². The largest absolute Gasteiger partial charge is 0.353 e. The van der Waals surface area contributed by atoms with Crippen LogP contribution in [0.1, 0.15) is 11.3 Å². The highest BCUT2D eigenvalue weighted by Gasteiger charge is 1.96. The molecule has 84 valence electrons. The Morgan fingerprint density at radius 2 is 2.25 bits per heavy atom. The van der Waals surface area contributed by atoms with Crippen molar-refractivity contribution in [2.24, 2.45) is 7.05 Å². The maximum absolute atomic E-state index is 4.10. The van der Waals surface area contributed by atoms with Gasteiger partial charge in [-0.25, -0.2) is 0 Å². The first-order valence-electron chi connectivity index (χ1n) is 5.56. The van der Waals surface area contributed by atoms with E-state index < -0.39 is 0 Å². The van der Waals surface area contributed by atoms with E-state index in [2.05, 4.69) is 46.3 Å². The molecule has 0 bridgehead atoms. The van der Waals surface area contributed by atoms with E-state index in [0.717, 1.165) is 19.5 Å². The summed E-state index contributed by atoms with van der Waals surface area (Å²) in [4.78, 5) is 4.10. The standard InChI is InChI=1S/C13H17N3/c1-16-9-3-5-13(16)11-15-8-6-12-4-2-7-14-10-12/h2-5,7,9-10,15H,6,8,11H2,1H3. The van der Waals surface area contributed by atoms with Gasteiger partial charge in [0.05, 0.1) is 0 Å². The van der Waals surface area contributed by atoms with E-state index in [4.69, 9.17) is 0 Å². The van der Waals surface area contributed by atoms with Crippen LogP contribution in [0, 0.1) is 0 Å². The predicted molar refractivity (Wildman–Crippen MR) is 65.1 cm³/mol. The van der Waals surface area contributed by atoms with Crippen molar-refractivity contribution in [3.05, 3.63) is 54.1 Å². The predicted octanol–water partition coefficient (Wildman–Crippen LogP) is 1.75. The van der Waals surface area contributed by atoms with E-state index in [9.17, 15) is 0 Å². The van der Waals surface area contributed by atoms with Crippen molar-refractivity contribution in [1.29, 1.82) is 0 Å². The molecule has 0 atom stereocenters. The van der Waals surface area contributed by atoms with Gasteiger partial charge in [0.25, 0.3) is 0 Å². The summed E-state index contributed by atoms with van der Waals surface area (Å²) in [7, 11) is 2.07. The van der Waals surface area contributed by atoms with Crippen LogP contribution in [0.3, 0.4) is 0 Å². The molecule has 1 N–H and O–H groups in total. The summed E-state index contributed by atoms with van der Waals surface area (Å²) in [6.45, 7) is 1.90. The lowest BCUT2D eigenvalue weighted by Gasteiger charge is -2.05. The summed E-state index contributed by atoms with van der Waals surface area (Å²) < 4.78 is 2.14. The Labute approximate surface area is 96.1 Å². The molecule has 0 aliphatic carbocycles. The van der Waals surface area contributed by atoms with Crippen LogP contribution >= 0.6 is 0 Å². The molecule has 0 radical (unpaired) electrons. The number of rotatable bonds is 5. The first-order valence-corrected chi connectivity index (χ1v) is 5.56. The Morgan fingerprint density at radius 3 is 2.94 bits per heavy atom. The number of nitrogens with one attached hydrogen (secondary N) is 1. The first kappa shape index (κ1) is 10.9. The molecule has 0 saturated carbocycles. The fourth-order valence-corrected chi connectivity index (χ4v) is 1.68. The van der Waals surface area contributed by atoms with Crippen molar-refractivity contribution in [2.45, 2.75) is 13.0 Å². The summed E-state index contributed by atoms with van der Waals surface area (Å²) >= 11 is 0. The second-order valence-electron chi connectivity index (χ2n) is 3.90. The Bertz CT molecular complexity index is 420. The van der Waals surface area contributed by atoms with E-state index in [-0.39, 0.29) is 0 Å². The van der Waals surface area contributed by atoms with Gasteiger partial charge in [-0.2, -0.15) is 0 Å². The number of pyridine rings is 1. The van der Waals surface area contributed by atoms with E-state index in [0.29, 0.717) is 0 Å². The van der Waals surface area contributed by atoms with E-state index >= 15 is 0 Å². The van der Waals surface area contributed by atoms with Gasteiger partial charge in [0.15, 0.2) is 0 Å². The summed E-state index contributed by atoms with van der Waals surface area (Å²) in [5.41, 5.74) is 2.59. The summed E-state index contributed by atoms with van der Waals surface area (Å²) in [5, 5.41) is 3.43. The third-order valence-electron chi connectivity index (χ3n) is 2.67. The van der Waals surface area contributed by atoms with Gasteiger partial charge in [-0.3, -0.25) is 4.98 Å². The second-order valence-corrected chi connectivity index (χ2v) is 3.90. The van der Waals surface area contributed by atoms with Crippen molar-refractivity contribution in [3.8, 4) is 0 Å². The molecule has 0 unspecified atom stereocenters. The SMILES string of the molecule is Cn1cccc1CNCCc1cccnc1. The number of aryl methyl sites for hydroxylation is 1. The molecular weight excluding hydrogens is 198 g/mol. The van der Waals surface area contributed by atoms with Gasteiger partial charge in [0.1, 0.15) is 0 Å². The lowest BCUT2D eigenvalue weighted by molar-refractivity contribution is 0.652. The molecule has 2 aromatic heterocycles. The highest BCUT2D eigenvalue weighted by Crippen LogP contribution is 1.99. The topological polar surface area (TPSA) is 29.9 Å². The summed E-state index contributed by atoms with van der Waals surface area (Å²) in [5.74, 6) is 0. The van der Waals surface area contributed by atoms with Crippen LogP contribution in [0.5, 0.6) is 0 Å². The maximum atomic E-state index is 4.10. The van der Waals surface area contributed by atoms with E-state index in [1.807, 2.05) is 12.3 Å². The van der Waals surface area contributed by atoms with Gasteiger partial charge in [-0.05, 0) is 36.7 Å². The Kier molecular flexibility index (Phi) is 3.72. The molecule has 0 saturated heterocycles. The van der Waals surface area contributed by atoms with Gasteiger partial charge in [-0.15, -0.1) is 0 Å². The van der Waals surface area contributed by atoms with Crippen LogP contribution < -0.4 is 5.32 Å². The van der Waals surface area contributed by atoms with Crippen molar-refractivity contribution >= 4 is 0 Å². The Morgan fingerprint density at radius 1 is 1.31 bits per heavy atom. The van der Waals surface area contributed by atoms with Crippen molar-refractivity contribution in [3.63, 3.8) is 0 Å². The highest BCUT2D eigenvalue weighted by molar-refractivity contribution is 5.09. The lowest BCUT2D eigenvalue weighted by Crippen LogP contribution is -2.18. The van der Waals surface area contributed by atoms with E-state index in [1.165, 1.54) is 11.3 Å². The third kappa shape index (κ3) is 2.94. The van der Waals surface area contributed by atoms with Crippen molar-refractivity contribution in [2.75, 3.05) is 6.54 Å².